The Bertz CT molecular complexity index is 463. The minimum atomic E-state index is -0.190. The van der Waals surface area contributed by atoms with E-state index < -0.39 is 0 Å². The van der Waals surface area contributed by atoms with Crippen LogP contribution >= 0.6 is 15.9 Å². The quantitative estimate of drug-likeness (QED) is 0.898. The molecule has 0 saturated carbocycles. The van der Waals surface area contributed by atoms with Gasteiger partial charge in [0.25, 0.3) is 0 Å². The van der Waals surface area contributed by atoms with Crippen molar-refractivity contribution >= 4 is 21.6 Å². The van der Waals surface area contributed by atoms with Gasteiger partial charge in [-0.05, 0) is 66.4 Å². The Morgan fingerprint density at radius 3 is 3.00 bits per heavy atom. The molecule has 1 aromatic rings. The lowest BCUT2D eigenvalue weighted by Crippen LogP contribution is -2.33. The Labute approximate surface area is 116 Å². The van der Waals surface area contributed by atoms with Crippen LogP contribution in [-0.2, 0) is 0 Å². The molecule has 2 atom stereocenters. The largest absolute Gasteiger partial charge is 0.380 e. The standard InChI is InChI=1S/C14H18BrFN2/c1-9-7-10(15)11(16)8-13(9)17-12-4-6-18-5-2-3-14(12)18/h7-8,12,14,17H,2-6H2,1H3. The SMILES string of the molecule is Cc1cc(Br)c(F)cc1NC1CCN2CCCC12. The van der Waals surface area contributed by atoms with E-state index in [1.807, 2.05) is 13.0 Å². The maximum Gasteiger partial charge on any atom is 0.139 e. The van der Waals surface area contributed by atoms with E-state index in [2.05, 4.69) is 26.1 Å². The molecular formula is C14H18BrFN2. The minimum absolute atomic E-state index is 0.190. The first-order valence-electron chi connectivity index (χ1n) is 6.61. The number of aryl methyl sites for hydroxylation is 1. The van der Waals surface area contributed by atoms with Crippen molar-refractivity contribution in [3.05, 3.63) is 28.0 Å². The van der Waals surface area contributed by atoms with Crippen LogP contribution in [0.4, 0.5) is 10.1 Å². The van der Waals surface area contributed by atoms with Gasteiger partial charge in [-0.3, -0.25) is 4.90 Å². The van der Waals surface area contributed by atoms with Gasteiger partial charge in [0, 0.05) is 24.3 Å². The highest BCUT2D eigenvalue weighted by Gasteiger charge is 2.37. The van der Waals surface area contributed by atoms with Gasteiger partial charge in [-0.1, -0.05) is 0 Å². The molecule has 0 bridgehead atoms. The van der Waals surface area contributed by atoms with Crippen LogP contribution in [-0.4, -0.2) is 30.1 Å². The van der Waals surface area contributed by atoms with Crippen LogP contribution in [0, 0.1) is 12.7 Å². The molecule has 2 unspecified atom stereocenters. The topological polar surface area (TPSA) is 15.3 Å². The minimum Gasteiger partial charge on any atom is -0.380 e. The van der Waals surface area contributed by atoms with Gasteiger partial charge in [-0.2, -0.15) is 0 Å². The van der Waals surface area contributed by atoms with Gasteiger partial charge in [-0.25, -0.2) is 4.39 Å². The molecule has 2 nitrogen and oxygen atoms in total. The second kappa shape index (κ2) is 4.82. The van der Waals surface area contributed by atoms with E-state index in [0.29, 0.717) is 16.6 Å². The van der Waals surface area contributed by atoms with Gasteiger partial charge in [0.05, 0.1) is 4.47 Å². The molecule has 98 valence electrons. The molecule has 18 heavy (non-hydrogen) atoms. The van der Waals surface area contributed by atoms with Crippen molar-refractivity contribution < 1.29 is 4.39 Å². The van der Waals surface area contributed by atoms with Crippen molar-refractivity contribution in [3.63, 3.8) is 0 Å². The summed E-state index contributed by atoms with van der Waals surface area (Å²) >= 11 is 3.23. The van der Waals surface area contributed by atoms with Crippen molar-refractivity contribution in [2.45, 2.75) is 38.3 Å². The molecule has 2 aliphatic rings. The predicted molar refractivity (Wildman–Crippen MR) is 75.5 cm³/mol. The van der Waals surface area contributed by atoms with E-state index in [0.717, 1.165) is 11.3 Å². The summed E-state index contributed by atoms with van der Waals surface area (Å²) in [7, 11) is 0. The number of hydrogen-bond donors (Lipinski definition) is 1. The summed E-state index contributed by atoms with van der Waals surface area (Å²) in [6.07, 6.45) is 3.74. The second-order valence-corrected chi connectivity index (χ2v) is 6.22. The smallest absolute Gasteiger partial charge is 0.139 e. The van der Waals surface area contributed by atoms with Crippen molar-refractivity contribution in [1.29, 1.82) is 0 Å². The van der Waals surface area contributed by atoms with Gasteiger partial charge >= 0.3 is 0 Å². The molecule has 2 saturated heterocycles. The number of benzene rings is 1. The van der Waals surface area contributed by atoms with Crippen molar-refractivity contribution in [3.8, 4) is 0 Å². The molecule has 2 aliphatic heterocycles. The average molecular weight is 313 g/mol. The fraction of sp³-hybridized carbons (Fsp3) is 0.571. The fourth-order valence-corrected chi connectivity index (χ4v) is 3.71. The third-order valence-corrected chi connectivity index (χ3v) is 4.82. The third-order valence-electron chi connectivity index (χ3n) is 4.21. The summed E-state index contributed by atoms with van der Waals surface area (Å²) in [6, 6.07) is 4.58. The van der Waals surface area contributed by atoms with E-state index in [1.54, 1.807) is 6.07 Å². The lowest BCUT2D eigenvalue weighted by atomic mass is 10.1. The summed E-state index contributed by atoms with van der Waals surface area (Å²) in [4.78, 5) is 2.56. The number of rotatable bonds is 2. The summed E-state index contributed by atoms with van der Waals surface area (Å²) in [5, 5.41) is 3.55. The van der Waals surface area contributed by atoms with Gasteiger partial charge in [0.15, 0.2) is 0 Å². The maximum atomic E-state index is 13.6. The molecule has 0 amide bonds. The Morgan fingerprint density at radius 1 is 1.33 bits per heavy atom. The Hall–Kier alpha value is -0.610. The Morgan fingerprint density at radius 2 is 2.17 bits per heavy atom. The second-order valence-electron chi connectivity index (χ2n) is 5.37. The first kappa shape index (κ1) is 12.4. The Kier molecular flexibility index (Phi) is 3.32. The van der Waals surface area contributed by atoms with Crippen LogP contribution in [0.25, 0.3) is 0 Å². The van der Waals surface area contributed by atoms with Crippen molar-refractivity contribution in [1.82, 2.24) is 4.90 Å². The van der Waals surface area contributed by atoms with Crippen molar-refractivity contribution in [2.75, 3.05) is 18.4 Å². The van der Waals surface area contributed by atoms with E-state index in [-0.39, 0.29) is 5.82 Å². The average Bonchev–Trinajstić information content (AvgIpc) is 2.90. The molecule has 4 heteroatoms. The van der Waals surface area contributed by atoms with Crippen molar-refractivity contribution in [2.24, 2.45) is 0 Å². The lowest BCUT2D eigenvalue weighted by Gasteiger charge is -2.23. The molecule has 1 aromatic carbocycles. The zero-order valence-corrected chi connectivity index (χ0v) is 12.1. The monoisotopic (exact) mass is 312 g/mol. The van der Waals surface area contributed by atoms with Crippen LogP contribution in [0.1, 0.15) is 24.8 Å². The van der Waals surface area contributed by atoms with E-state index in [4.69, 9.17) is 0 Å². The summed E-state index contributed by atoms with van der Waals surface area (Å²) < 4.78 is 14.1. The van der Waals surface area contributed by atoms with Gasteiger partial charge < -0.3 is 5.32 Å². The van der Waals surface area contributed by atoms with Gasteiger partial charge in [-0.15, -0.1) is 0 Å². The van der Waals surface area contributed by atoms with Gasteiger partial charge in [0.1, 0.15) is 5.82 Å². The number of hydrogen-bond acceptors (Lipinski definition) is 2. The van der Waals surface area contributed by atoms with Crippen LogP contribution in [0.2, 0.25) is 0 Å². The molecule has 1 N–H and O–H groups in total. The summed E-state index contributed by atoms with van der Waals surface area (Å²) in [5.74, 6) is -0.190. The maximum absolute atomic E-state index is 13.6. The molecule has 0 aromatic heterocycles. The van der Waals surface area contributed by atoms with E-state index >= 15 is 0 Å². The number of anilines is 1. The summed E-state index contributed by atoms with van der Waals surface area (Å²) in [6.45, 7) is 4.44. The normalized spacial score (nSPS) is 27.5. The zero-order valence-electron chi connectivity index (χ0n) is 10.5. The molecule has 3 rings (SSSR count). The first-order valence-corrected chi connectivity index (χ1v) is 7.40. The Balaban J connectivity index is 1.78. The number of nitrogens with one attached hydrogen (secondary N) is 1. The molecule has 2 fully saturated rings. The zero-order chi connectivity index (χ0) is 12.7. The first-order chi connectivity index (χ1) is 8.65. The number of nitrogens with zero attached hydrogens (tertiary/aromatic N) is 1. The van der Waals surface area contributed by atoms with Gasteiger partial charge in [0.2, 0.25) is 0 Å². The van der Waals surface area contributed by atoms with Crippen LogP contribution in [0.15, 0.2) is 16.6 Å². The molecule has 0 spiro atoms. The fourth-order valence-electron chi connectivity index (χ4n) is 3.25. The number of halogens is 2. The number of fused-ring (bicyclic) bond motifs is 1. The highest BCUT2D eigenvalue weighted by molar-refractivity contribution is 9.10. The third kappa shape index (κ3) is 2.16. The van der Waals surface area contributed by atoms with Crippen LogP contribution in [0.3, 0.4) is 0 Å². The van der Waals surface area contributed by atoms with Crippen LogP contribution in [0.5, 0.6) is 0 Å². The highest BCUT2D eigenvalue weighted by atomic mass is 79.9. The summed E-state index contributed by atoms with van der Waals surface area (Å²) in [5.41, 5.74) is 2.04. The predicted octanol–water partition coefficient (Wildman–Crippen LogP) is 3.55. The molecular weight excluding hydrogens is 295 g/mol. The lowest BCUT2D eigenvalue weighted by molar-refractivity contribution is 0.318. The van der Waals surface area contributed by atoms with E-state index in [1.165, 1.54) is 32.4 Å². The molecule has 0 radical (unpaired) electrons. The van der Waals surface area contributed by atoms with E-state index in [9.17, 15) is 4.39 Å². The highest BCUT2D eigenvalue weighted by Crippen LogP contribution is 2.32. The van der Waals surface area contributed by atoms with Crippen LogP contribution < -0.4 is 5.32 Å². The molecule has 2 heterocycles. The molecule has 0 aliphatic carbocycles.